The summed E-state index contributed by atoms with van der Waals surface area (Å²) in [5.41, 5.74) is 0. The maximum Gasteiger partial charge on any atom is 0.211 e. The summed E-state index contributed by atoms with van der Waals surface area (Å²) in [6.07, 6.45) is 2.22. The van der Waals surface area contributed by atoms with Crippen molar-refractivity contribution in [3.8, 4) is 0 Å². The monoisotopic (exact) mass is 324 g/mol. The van der Waals surface area contributed by atoms with Gasteiger partial charge in [-0.05, 0) is 19.8 Å². The Hall–Kier alpha value is -0.250. The van der Waals surface area contributed by atoms with E-state index in [0.717, 1.165) is 12.8 Å². The lowest BCUT2D eigenvalue weighted by atomic mass is 10.1. The van der Waals surface area contributed by atoms with Crippen LogP contribution in [0.4, 0.5) is 0 Å². The van der Waals surface area contributed by atoms with Crippen LogP contribution in [0.3, 0.4) is 0 Å². The van der Waals surface area contributed by atoms with E-state index in [1.54, 1.807) is 0 Å². The first-order chi connectivity index (χ1) is 9.93. The molecule has 0 aromatic carbocycles. The minimum absolute atomic E-state index is 0.251. The van der Waals surface area contributed by atoms with Crippen molar-refractivity contribution in [1.82, 2.24) is 9.62 Å². The lowest BCUT2D eigenvalue weighted by Crippen LogP contribution is -2.46. The highest BCUT2D eigenvalue weighted by atomic mass is 32.2. The van der Waals surface area contributed by atoms with E-state index < -0.39 is 16.1 Å². The quantitative estimate of drug-likeness (QED) is 0.523. The van der Waals surface area contributed by atoms with Crippen LogP contribution in [0.5, 0.6) is 0 Å². The first-order valence-electron chi connectivity index (χ1n) is 7.45. The maximum atomic E-state index is 11.4. The summed E-state index contributed by atoms with van der Waals surface area (Å²) in [5, 5.41) is 13.0. The molecule has 1 heterocycles. The first kappa shape index (κ1) is 18.8. The molecule has 1 unspecified atom stereocenters. The zero-order valence-corrected chi connectivity index (χ0v) is 13.8. The second-order valence-electron chi connectivity index (χ2n) is 5.27. The molecule has 1 saturated heterocycles. The Morgan fingerprint density at radius 3 is 2.48 bits per heavy atom. The van der Waals surface area contributed by atoms with Crippen LogP contribution in [-0.2, 0) is 19.5 Å². The largest absolute Gasteiger partial charge is 0.389 e. The highest BCUT2D eigenvalue weighted by molar-refractivity contribution is 7.88. The molecule has 1 aliphatic rings. The van der Waals surface area contributed by atoms with Gasteiger partial charge in [0.2, 0.25) is 10.0 Å². The van der Waals surface area contributed by atoms with Crippen LogP contribution < -0.4 is 5.32 Å². The van der Waals surface area contributed by atoms with Crippen LogP contribution >= 0.6 is 0 Å². The predicted octanol–water partition coefficient (Wildman–Crippen LogP) is -0.586. The Labute approximate surface area is 127 Å². The van der Waals surface area contributed by atoms with Crippen molar-refractivity contribution in [2.75, 3.05) is 52.3 Å². The molecule has 0 bridgehead atoms. The third-order valence-corrected chi connectivity index (χ3v) is 4.75. The molecule has 0 aliphatic carbocycles. The second-order valence-corrected chi connectivity index (χ2v) is 7.25. The van der Waals surface area contributed by atoms with Gasteiger partial charge in [0.05, 0.1) is 32.2 Å². The average molecular weight is 324 g/mol. The molecule has 0 aromatic rings. The predicted molar refractivity (Wildman–Crippen MR) is 80.8 cm³/mol. The molecule has 21 heavy (non-hydrogen) atoms. The Morgan fingerprint density at radius 2 is 1.90 bits per heavy atom. The van der Waals surface area contributed by atoms with Gasteiger partial charge < -0.3 is 19.9 Å². The molecule has 8 heteroatoms. The summed E-state index contributed by atoms with van der Waals surface area (Å²) in [6.45, 7) is 5.43. The fraction of sp³-hybridized carbons (Fsp3) is 1.00. The summed E-state index contributed by atoms with van der Waals surface area (Å²) >= 11 is 0. The summed E-state index contributed by atoms with van der Waals surface area (Å²) in [4.78, 5) is 0. The fourth-order valence-electron chi connectivity index (χ4n) is 2.23. The summed E-state index contributed by atoms with van der Waals surface area (Å²) in [7, 11) is -3.08. The number of aliphatic hydroxyl groups is 1. The third-order valence-electron chi connectivity index (χ3n) is 3.45. The fourth-order valence-corrected chi connectivity index (χ4v) is 3.11. The Morgan fingerprint density at radius 1 is 1.29 bits per heavy atom. The van der Waals surface area contributed by atoms with Gasteiger partial charge in [0.25, 0.3) is 0 Å². The topological polar surface area (TPSA) is 88.1 Å². The van der Waals surface area contributed by atoms with Crippen LogP contribution in [0.25, 0.3) is 0 Å². The zero-order valence-electron chi connectivity index (χ0n) is 13.0. The summed E-state index contributed by atoms with van der Waals surface area (Å²) < 4.78 is 34.7. The molecule has 2 N–H and O–H groups in total. The molecule has 126 valence electrons. The normalized spacial score (nSPS) is 19.8. The van der Waals surface area contributed by atoms with Crippen molar-refractivity contribution in [1.29, 1.82) is 0 Å². The summed E-state index contributed by atoms with van der Waals surface area (Å²) in [5.74, 6) is 0. The molecule has 1 atom stereocenters. The lowest BCUT2D eigenvalue weighted by molar-refractivity contribution is 0.00529. The highest BCUT2D eigenvalue weighted by Crippen LogP contribution is 2.13. The van der Waals surface area contributed by atoms with Gasteiger partial charge in [-0.1, -0.05) is 0 Å². The van der Waals surface area contributed by atoms with Gasteiger partial charge in [0.15, 0.2) is 0 Å². The zero-order chi connectivity index (χ0) is 15.7. The Bertz CT molecular complexity index is 369. The third kappa shape index (κ3) is 8.08. The molecule has 7 nitrogen and oxygen atoms in total. The number of ether oxygens (including phenoxy) is 2. The average Bonchev–Trinajstić information content (AvgIpc) is 2.44. The van der Waals surface area contributed by atoms with Gasteiger partial charge in [0, 0.05) is 32.3 Å². The standard InChI is InChI=1S/C13H28N2O5S/c1-3-19-8-9-20-11-13(16)10-14-12-4-6-15(7-5-12)21(2,17)18/h12-14,16H,3-11H2,1-2H3. The minimum atomic E-state index is -3.08. The second kappa shape index (κ2) is 9.70. The number of hydrogen-bond donors (Lipinski definition) is 2. The molecule has 0 saturated carbocycles. The number of nitrogens with one attached hydrogen (secondary N) is 1. The van der Waals surface area contributed by atoms with E-state index in [1.807, 2.05) is 6.92 Å². The van der Waals surface area contributed by atoms with Crippen molar-refractivity contribution in [2.45, 2.75) is 31.9 Å². The van der Waals surface area contributed by atoms with E-state index in [-0.39, 0.29) is 12.6 Å². The van der Waals surface area contributed by atoms with Gasteiger partial charge in [-0.15, -0.1) is 0 Å². The molecule has 0 spiro atoms. The van der Waals surface area contributed by atoms with Crippen LogP contribution in [0.1, 0.15) is 19.8 Å². The van der Waals surface area contributed by atoms with Crippen molar-refractivity contribution in [3.05, 3.63) is 0 Å². The first-order valence-corrected chi connectivity index (χ1v) is 9.30. The number of piperidine rings is 1. The van der Waals surface area contributed by atoms with Crippen molar-refractivity contribution >= 4 is 10.0 Å². The molecule has 1 aliphatic heterocycles. The van der Waals surface area contributed by atoms with Crippen LogP contribution in [-0.4, -0.2) is 82.3 Å². The molecule has 0 amide bonds. The molecule has 1 fully saturated rings. The van der Waals surface area contributed by atoms with E-state index in [9.17, 15) is 13.5 Å². The Kier molecular flexibility index (Phi) is 8.69. The number of hydrogen-bond acceptors (Lipinski definition) is 6. The van der Waals surface area contributed by atoms with E-state index in [4.69, 9.17) is 9.47 Å². The van der Waals surface area contributed by atoms with Crippen LogP contribution in [0.2, 0.25) is 0 Å². The smallest absolute Gasteiger partial charge is 0.211 e. The summed E-state index contributed by atoms with van der Waals surface area (Å²) in [6, 6.07) is 0.251. The molecule has 0 radical (unpaired) electrons. The minimum Gasteiger partial charge on any atom is -0.389 e. The van der Waals surface area contributed by atoms with Crippen molar-refractivity contribution in [2.24, 2.45) is 0 Å². The molecular weight excluding hydrogens is 296 g/mol. The number of rotatable bonds is 10. The number of nitrogens with zero attached hydrogens (tertiary/aromatic N) is 1. The van der Waals surface area contributed by atoms with Gasteiger partial charge in [-0.3, -0.25) is 0 Å². The number of sulfonamides is 1. The SMILES string of the molecule is CCOCCOCC(O)CNC1CCN(S(C)(=O)=O)CC1. The van der Waals surface area contributed by atoms with E-state index in [2.05, 4.69) is 5.32 Å². The van der Waals surface area contributed by atoms with Gasteiger partial charge in [-0.2, -0.15) is 0 Å². The van der Waals surface area contributed by atoms with Gasteiger partial charge in [-0.25, -0.2) is 12.7 Å². The van der Waals surface area contributed by atoms with Gasteiger partial charge in [0.1, 0.15) is 0 Å². The van der Waals surface area contributed by atoms with E-state index in [0.29, 0.717) is 39.5 Å². The van der Waals surface area contributed by atoms with E-state index in [1.165, 1.54) is 10.6 Å². The van der Waals surface area contributed by atoms with Crippen molar-refractivity contribution in [3.63, 3.8) is 0 Å². The van der Waals surface area contributed by atoms with Crippen LogP contribution in [0, 0.1) is 0 Å². The maximum absolute atomic E-state index is 11.4. The Balaban J connectivity index is 2.08. The van der Waals surface area contributed by atoms with Crippen molar-refractivity contribution < 1.29 is 23.0 Å². The van der Waals surface area contributed by atoms with Gasteiger partial charge >= 0.3 is 0 Å². The number of aliphatic hydroxyl groups excluding tert-OH is 1. The molecule has 0 aromatic heterocycles. The molecular formula is C13H28N2O5S. The highest BCUT2D eigenvalue weighted by Gasteiger charge is 2.24. The van der Waals surface area contributed by atoms with Crippen LogP contribution in [0.15, 0.2) is 0 Å². The molecule has 1 rings (SSSR count). The van der Waals surface area contributed by atoms with E-state index >= 15 is 0 Å². The lowest BCUT2D eigenvalue weighted by Gasteiger charge is -2.31.